The molecule has 0 saturated carbocycles. The second-order valence-electron chi connectivity index (χ2n) is 2.26. The molecule has 0 aromatic rings. The van der Waals surface area contributed by atoms with Crippen molar-refractivity contribution in [3.63, 3.8) is 0 Å². The first-order chi connectivity index (χ1) is 4.42. The Morgan fingerprint density at radius 3 is 2.40 bits per heavy atom. The van der Waals surface area contributed by atoms with Crippen molar-refractivity contribution in [3.8, 4) is 0 Å². The van der Waals surface area contributed by atoms with Crippen LogP contribution < -0.4 is 5.32 Å². The van der Waals surface area contributed by atoms with Gasteiger partial charge in [-0.1, -0.05) is 0 Å². The topological polar surface area (TPSA) is 66.4 Å². The summed E-state index contributed by atoms with van der Waals surface area (Å²) in [6, 6.07) is 0. The van der Waals surface area contributed by atoms with Crippen LogP contribution in [0.3, 0.4) is 0 Å². The van der Waals surface area contributed by atoms with E-state index in [1.54, 1.807) is 6.92 Å². The van der Waals surface area contributed by atoms with Gasteiger partial charge in [0.15, 0.2) is 0 Å². The Morgan fingerprint density at radius 2 is 2.10 bits per heavy atom. The number of aliphatic hydroxyl groups is 1. The Balaban J connectivity index is 3.39. The van der Waals surface area contributed by atoms with E-state index in [1.807, 2.05) is 0 Å². The molecule has 1 unspecified atom stereocenters. The fraction of sp³-hybridized carbons (Fsp3) is 1.00. The molecule has 0 radical (unpaired) electrons. The number of nitrogens with one attached hydrogen (secondary N) is 1. The van der Waals surface area contributed by atoms with Crippen molar-refractivity contribution in [2.24, 2.45) is 0 Å². The average molecular weight is 167 g/mol. The molecule has 0 rings (SSSR count). The largest absolute Gasteiger partial charge is 0.379 e. The van der Waals surface area contributed by atoms with Crippen LogP contribution in [-0.4, -0.2) is 38.3 Å². The molecule has 0 aromatic heterocycles. The summed E-state index contributed by atoms with van der Waals surface area (Å²) >= 11 is 0. The van der Waals surface area contributed by atoms with Crippen LogP contribution in [0, 0.1) is 0 Å². The Labute approximate surface area is 61.2 Å². The van der Waals surface area contributed by atoms with E-state index in [0.29, 0.717) is 6.54 Å². The molecule has 0 fully saturated rings. The zero-order valence-electron chi connectivity index (χ0n) is 6.16. The lowest BCUT2D eigenvalue weighted by molar-refractivity contribution is 0.159. The van der Waals surface area contributed by atoms with Crippen molar-refractivity contribution < 1.29 is 13.5 Å². The highest BCUT2D eigenvalue weighted by molar-refractivity contribution is 7.90. The van der Waals surface area contributed by atoms with Crippen molar-refractivity contribution in [2.45, 2.75) is 13.2 Å². The molecular formula is C5H13NO3S. The zero-order chi connectivity index (χ0) is 8.20. The summed E-state index contributed by atoms with van der Waals surface area (Å²) < 4.78 is 21.0. The maximum Gasteiger partial charge on any atom is 0.148 e. The van der Waals surface area contributed by atoms with Crippen LogP contribution in [0.4, 0.5) is 0 Å². The molecular weight excluding hydrogens is 154 g/mol. The Bertz CT molecular complexity index is 173. The summed E-state index contributed by atoms with van der Waals surface area (Å²) in [5, 5.41) is 11.2. The fourth-order valence-corrected chi connectivity index (χ4v) is 0.942. The van der Waals surface area contributed by atoms with Crippen LogP contribution in [0.15, 0.2) is 0 Å². The third-order valence-electron chi connectivity index (χ3n) is 0.913. The smallest absolute Gasteiger partial charge is 0.148 e. The number of rotatable bonds is 4. The second-order valence-corrected chi connectivity index (χ2v) is 4.52. The standard InChI is InChI=1S/C5H13NO3S/c1-5(7)6-3-4-10(2,8)9/h5-7H,3-4H2,1-2H3. The highest BCUT2D eigenvalue weighted by Gasteiger charge is 2.01. The molecule has 2 N–H and O–H groups in total. The van der Waals surface area contributed by atoms with E-state index in [9.17, 15) is 8.42 Å². The molecule has 10 heavy (non-hydrogen) atoms. The van der Waals surface area contributed by atoms with Crippen molar-refractivity contribution in [2.75, 3.05) is 18.6 Å². The molecule has 0 aliphatic carbocycles. The highest BCUT2D eigenvalue weighted by Crippen LogP contribution is 1.80. The van der Waals surface area contributed by atoms with E-state index in [1.165, 1.54) is 0 Å². The van der Waals surface area contributed by atoms with Gasteiger partial charge < -0.3 is 5.11 Å². The van der Waals surface area contributed by atoms with Crippen molar-refractivity contribution >= 4 is 9.84 Å². The van der Waals surface area contributed by atoms with Gasteiger partial charge in [-0.3, -0.25) is 5.32 Å². The molecule has 0 heterocycles. The quantitative estimate of drug-likeness (QED) is 0.525. The highest BCUT2D eigenvalue weighted by atomic mass is 32.2. The molecule has 0 spiro atoms. The van der Waals surface area contributed by atoms with Gasteiger partial charge in [0.1, 0.15) is 16.1 Å². The Hall–Kier alpha value is -0.130. The summed E-state index contributed by atoms with van der Waals surface area (Å²) in [6.45, 7) is 1.85. The van der Waals surface area contributed by atoms with Gasteiger partial charge in [0.25, 0.3) is 0 Å². The van der Waals surface area contributed by atoms with Crippen LogP contribution in [0.1, 0.15) is 6.92 Å². The third-order valence-corrected chi connectivity index (χ3v) is 1.86. The van der Waals surface area contributed by atoms with E-state index < -0.39 is 16.1 Å². The first-order valence-electron chi connectivity index (χ1n) is 3.01. The molecule has 0 aliphatic heterocycles. The molecule has 0 bridgehead atoms. The monoisotopic (exact) mass is 167 g/mol. The van der Waals surface area contributed by atoms with E-state index >= 15 is 0 Å². The van der Waals surface area contributed by atoms with Gasteiger partial charge in [-0.25, -0.2) is 8.42 Å². The normalized spacial score (nSPS) is 15.1. The van der Waals surface area contributed by atoms with E-state index in [2.05, 4.69) is 5.32 Å². The predicted molar refractivity (Wildman–Crippen MR) is 39.4 cm³/mol. The van der Waals surface area contributed by atoms with Crippen LogP contribution in [-0.2, 0) is 9.84 Å². The van der Waals surface area contributed by atoms with Gasteiger partial charge in [0.2, 0.25) is 0 Å². The Kier molecular flexibility index (Phi) is 3.85. The minimum absolute atomic E-state index is 0.0674. The van der Waals surface area contributed by atoms with Gasteiger partial charge in [-0.2, -0.15) is 0 Å². The lowest BCUT2D eigenvalue weighted by Crippen LogP contribution is -2.30. The summed E-state index contributed by atoms with van der Waals surface area (Å²) in [7, 11) is -2.89. The summed E-state index contributed by atoms with van der Waals surface area (Å²) in [5.41, 5.74) is 0. The maximum absolute atomic E-state index is 10.5. The molecule has 0 aromatic carbocycles. The zero-order valence-corrected chi connectivity index (χ0v) is 6.98. The minimum Gasteiger partial charge on any atom is -0.379 e. The molecule has 4 nitrogen and oxygen atoms in total. The fourth-order valence-electron chi connectivity index (χ4n) is 0.453. The summed E-state index contributed by atoms with van der Waals surface area (Å²) in [5.74, 6) is 0.0674. The van der Waals surface area contributed by atoms with Crippen molar-refractivity contribution in [3.05, 3.63) is 0 Å². The van der Waals surface area contributed by atoms with Gasteiger partial charge in [-0.15, -0.1) is 0 Å². The van der Waals surface area contributed by atoms with Crippen molar-refractivity contribution in [1.29, 1.82) is 0 Å². The van der Waals surface area contributed by atoms with Gasteiger partial charge >= 0.3 is 0 Å². The van der Waals surface area contributed by atoms with E-state index in [-0.39, 0.29) is 5.75 Å². The second kappa shape index (κ2) is 3.90. The predicted octanol–water partition coefficient (Wildman–Crippen LogP) is -1.04. The SMILES string of the molecule is CC(O)NCCS(C)(=O)=O. The molecule has 62 valence electrons. The van der Waals surface area contributed by atoms with Gasteiger partial charge in [-0.05, 0) is 6.92 Å². The van der Waals surface area contributed by atoms with E-state index in [4.69, 9.17) is 5.11 Å². The van der Waals surface area contributed by atoms with E-state index in [0.717, 1.165) is 6.26 Å². The molecule has 1 atom stereocenters. The number of aliphatic hydroxyl groups excluding tert-OH is 1. The van der Waals surface area contributed by atoms with Crippen LogP contribution in [0.25, 0.3) is 0 Å². The molecule has 0 aliphatic rings. The number of sulfone groups is 1. The third kappa shape index (κ3) is 7.87. The van der Waals surface area contributed by atoms with Crippen molar-refractivity contribution in [1.82, 2.24) is 5.32 Å². The lowest BCUT2D eigenvalue weighted by atomic mass is 10.6. The van der Waals surface area contributed by atoms with Crippen LogP contribution in [0.5, 0.6) is 0 Å². The van der Waals surface area contributed by atoms with Gasteiger partial charge in [0.05, 0.1) is 5.75 Å². The maximum atomic E-state index is 10.5. The lowest BCUT2D eigenvalue weighted by Gasteiger charge is -2.04. The summed E-state index contributed by atoms with van der Waals surface area (Å²) in [6.07, 6.45) is 0.526. The van der Waals surface area contributed by atoms with Crippen LogP contribution >= 0.6 is 0 Å². The first kappa shape index (κ1) is 9.87. The molecule has 0 amide bonds. The first-order valence-corrected chi connectivity index (χ1v) is 5.07. The minimum atomic E-state index is -2.89. The van der Waals surface area contributed by atoms with Crippen LogP contribution in [0.2, 0.25) is 0 Å². The molecule has 0 saturated heterocycles. The van der Waals surface area contributed by atoms with Gasteiger partial charge in [0, 0.05) is 12.8 Å². The number of hydrogen-bond acceptors (Lipinski definition) is 4. The Morgan fingerprint density at radius 1 is 1.60 bits per heavy atom. The summed E-state index contributed by atoms with van der Waals surface area (Å²) in [4.78, 5) is 0. The average Bonchev–Trinajstić information content (AvgIpc) is 1.59. The number of hydrogen-bond donors (Lipinski definition) is 2. The molecule has 5 heteroatoms.